The number of phenols is 1. The highest BCUT2D eigenvalue weighted by atomic mass is 19.1. The molecular formula is C15H21FN2O2. The summed E-state index contributed by atoms with van der Waals surface area (Å²) in [6.07, 6.45) is 4.99. The first-order chi connectivity index (χ1) is 9.58. The molecule has 1 aromatic carbocycles. The van der Waals surface area contributed by atoms with Crippen LogP contribution >= 0.6 is 0 Å². The summed E-state index contributed by atoms with van der Waals surface area (Å²) >= 11 is 0. The lowest BCUT2D eigenvalue weighted by atomic mass is 10.2. The number of likely N-dealkylation sites (N-methyl/N-ethyl adjacent to an activating group) is 1. The maximum absolute atomic E-state index is 13.1. The summed E-state index contributed by atoms with van der Waals surface area (Å²) in [4.78, 5) is 14.1. The van der Waals surface area contributed by atoms with Gasteiger partial charge in [-0.15, -0.1) is 0 Å². The second-order valence-electron chi connectivity index (χ2n) is 5.34. The van der Waals surface area contributed by atoms with E-state index in [1.165, 1.54) is 31.7 Å². The normalized spacial score (nSPS) is 15.8. The van der Waals surface area contributed by atoms with E-state index < -0.39 is 11.7 Å². The average Bonchev–Trinajstić information content (AvgIpc) is 2.95. The van der Waals surface area contributed by atoms with Crippen molar-refractivity contribution in [2.75, 3.05) is 20.1 Å². The number of phenolic OH excluding ortho intramolecular Hbond substituents is 1. The Hall–Kier alpha value is -1.62. The van der Waals surface area contributed by atoms with E-state index in [1.807, 2.05) is 0 Å². The van der Waals surface area contributed by atoms with Crippen LogP contribution in [0, 0.1) is 5.82 Å². The summed E-state index contributed by atoms with van der Waals surface area (Å²) < 4.78 is 13.1. The Balaban J connectivity index is 1.81. The van der Waals surface area contributed by atoms with Crippen molar-refractivity contribution in [3.63, 3.8) is 0 Å². The van der Waals surface area contributed by atoms with Gasteiger partial charge in [0, 0.05) is 19.1 Å². The summed E-state index contributed by atoms with van der Waals surface area (Å²) in [5.74, 6) is -1.18. The topological polar surface area (TPSA) is 52.6 Å². The van der Waals surface area contributed by atoms with E-state index in [-0.39, 0.29) is 11.3 Å². The molecule has 1 saturated carbocycles. The molecule has 20 heavy (non-hydrogen) atoms. The number of nitrogens with zero attached hydrogens (tertiary/aromatic N) is 1. The van der Waals surface area contributed by atoms with Gasteiger partial charge in [-0.3, -0.25) is 4.79 Å². The van der Waals surface area contributed by atoms with Gasteiger partial charge in [0.1, 0.15) is 11.6 Å². The zero-order valence-electron chi connectivity index (χ0n) is 11.7. The Labute approximate surface area is 118 Å². The van der Waals surface area contributed by atoms with Crippen LogP contribution in [0.15, 0.2) is 18.2 Å². The van der Waals surface area contributed by atoms with E-state index in [1.54, 1.807) is 0 Å². The van der Waals surface area contributed by atoms with E-state index in [0.29, 0.717) is 12.6 Å². The average molecular weight is 280 g/mol. The van der Waals surface area contributed by atoms with Crippen molar-refractivity contribution in [3.8, 4) is 5.75 Å². The Morgan fingerprint density at radius 2 is 2.15 bits per heavy atom. The van der Waals surface area contributed by atoms with E-state index >= 15 is 0 Å². The van der Waals surface area contributed by atoms with Gasteiger partial charge in [0.15, 0.2) is 0 Å². The Morgan fingerprint density at radius 3 is 2.85 bits per heavy atom. The monoisotopic (exact) mass is 280 g/mol. The van der Waals surface area contributed by atoms with Crippen molar-refractivity contribution in [3.05, 3.63) is 29.6 Å². The van der Waals surface area contributed by atoms with Crippen LogP contribution in [0.1, 0.15) is 36.0 Å². The van der Waals surface area contributed by atoms with Crippen LogP contribution in [0.5, 0.6) is 5.75 Å². The highest BCUT2D eigenvalue weighted by Gasteiger charge is 2.19. The first-order valence-electron chi connectivity index (χ1n) is 7.05. The molecule has 5 heteroatoms. The quantitative estimate of drug-likeness (QED) is 0.869. The standard InChI is InChI=1S/C15H21FN2O2/c1-18(12-4-2-3-5-12)9-8-17-15(20)13-10-11(16)6-7-14(13)19/h6-7,10,12,19H,2-5,8-9H2,1H3,(H,17,20). The van der Waals surface area contributed by atoms with Gasteiger partial charge in [-0.2, -0.15) is 0 Å². The molecule has 0 atom stereocenters. The van der Waals surface area contributed by atoms with Crippen molar-refractivity contribution in [2.45, 2.75) is 31.7 Å². The third-order valence-corrected chi connectivity index (χ3v) is 3.90. The van der Waals surface area contributed by atoms with Gasteiger partial charge >= 0.3 is 0 Å². The molecule has 1 aromatic rings. The van der Waals surface area contributed by atoms with Gasteiger partial charge in [-0.05, 0) is 38.1 Å². The van der Waals surface area contributed by atoms with E-state index in [4.69, 9.17) is 0 Å². The number of aromatic hydroxyl groups is 1. The van der Waals surface area contributed by atoms with Gasteiger partial charge in [-0.25, -0.2) is 4.39 Å². The molecule has 0 aliphatic heterocycles. The van der Waals surface area contributed by atoms with Crippen molar-refractivity contribution in [1.82, 2.24) is 10.2 Å². The lowest BCUT2D eigenvalue weighted by molar-refractivity contribution is 0.0944. The van der Waals surface area contributed by atoms with E-state index in [0.717, 1.165) is 18.7 Å². The Bertz CT molecular complexity index is 473. The molecule has 4 nitrogen and oxygen atoms in total. The highest BCUT2D eigenvalue weighted by Crippen LogP contribution is 2.22. The fourth-order valence-electron chi connectivity index (χ4n) is 2.66. The molecule has 2 rings (SSSR count). The molecule has 1 fully saturated rings. The molecule has 0 spiro atoms. The zero-order chi connectivity index (χ0) is 14.5. The lowest BCUT2D eigenvalue weighted by Gasteiger charge is -2.23. The van der Waals surface area contributed by atoms with Gasteiger partial charge < -0.3 is 15.3 Å². The molecule has 1 aliphatic carbocycles. The van der Waals surface area contributed by atoms with Crippen LogP contribution < -0.4 is 5.32 Å². The number of rotatable bonds is 5. The molecule has 110 valence electrons. The SMILES string of the molecule is CN(CCNC(=O)c1cc(F)ccc1O)C1CCCC1. The number of nitrogens with one attached hydrogen (secondary N) is 1. The third kappa shape index (κ3) is 3.70. The van der Waals surface area contributed by atoms with Crippen LogP contribution in [-0.2, 0) is 0 Å². The molecule has 0 aromatic heterocycles. The van der Waals surface area contributed by atoms with Crippen LogP contribution in [0.2, 0.25) is 0 Å². The molecule has 2 N–H and O–H groups in total. The van der Waals surface area contributed by atoms with E-state index in [2.05, 4.69) is 17.3 Å². The molecule has 0 saturated heterocycles. The zero-order valence-corrected chi connectivity index (χ0v) is 11.7. The Kier molecular flexibility index (Phi) is 4.95. The van der Waals surface area contributed by atoms with Crippen LogP contribution in [0.4, 0.5) is 4.39 Å². The van der Waals surface area contributed by atoms with Crippen LogP contribution in [0.3, 0.4) is 0 Å². The second kappa shape index (κ2) is 6.70. The predicted octanol–water partition coefficient (Wildman–Crippen LogP) is 2.14. The summed E-state index contributed by atoms with van der Waals surface area (Å²) in [5, 5.41) is 12.3. The van der Waals surface area contributed by atoms with Crippen molar-refractivity contribution >= 4 is 5.91 Å². The number of hydrogen-bond donors (Lipinski definition) is 2. The minimum Gasteiger partial charge on any atom is -0.507 e. The molecule has 0 heterocycles. The van der Waals surface area contributed by atoms with Gasteiger partial charge in [0.25, 0.3) is 5.91 Å². The van der Waals surface area contributed by atoms with Gasteiger partial charge in [-0.1, -0.05) is 12.8 Å². The van der Waals surface area contributed by atoms with E-state index in [9.17, 15) is 14.3 Å². The van der Waals surface area contributed by atoms with Crippen molar-refractivity contribution in [1.29, 1.82) is 0 Å². The van der Waals surface area contributed by atoms with Crippen LogP contribution in [0.25, 0.3) is 0 Å². The summed E-state index contributed by atoms with van der Waals surface area (Å²) in [7, 11) is 2.06. The van der Waals surface area contributed by atoms with Crippen molar-refractivity contribution < 1.29 is 14.3 Å². The minimum atomic E-state index is -0.531. The first kappa shape index (κ1) is 14.8. The Morgan fingerprint density at radius 1 is 1.45 bits per heavy atom. The highest BCUT2D eigenvalue weighted by molar-refractivity contribution is 5.96. The number of carbonyl (C=O) groups is 1. The summed E-state index contributed by atoms with van der Waals surface area (Å²) in [6, 6.07) is 3.97. The predicted molar refractivity (Wildman–Crippen MR) is 75.3 cm³/mol. The fraction of sp³-hybridized carbons (Fsp3) is 0.533. The summed E-state index contributed by atoms with van der Waals surface area (Å²) in [6.45, 7) is 1.24. The smallest absolute Gasteiger partial charge is 0.255 e. The third-order valence-electron chi connectivity index (χ3n) is 3.90. The first-order valence-corrected chi connectivity index (χ1v) is 7.05. The maximum Gasteiger partial charge on any atom is 0.255 e. The lowest BCUT2D eigenvalue weighted by Crippen LogP contribution is -2.37. The summed E-state index contributed by atoms with van der Waals surface area (Å²) in [5.41, 5.74) is -0.0199. The number of benzene rings is 1. The number of amides is 1. The second-order valence-corrected chi connectivity index (χ2v) is 5.34. The maximum atomic E-state index is 13.1. The number of halogens is 1. The molecule has 0 unspecified atom stereocenters. The molecule has 0 radical (unpaired) electrons. The number of hydrogen-bond acceptors (Lipinski definition) is 3. The molecule has 1 amide bonds. The van der Waals surface area contributed by atoms with Gasteiger partial charge in [0.2, 0.25) is 0 Å². The number of carbonyl (C=O) groups excluding carboxylic acids is 1. The molecular weight excluding hydrogens is 259 g/mol. The minimum absolute atomic E-state index is 0.0199. The van der Waals surface area contributed by atoms with Gasteiger partial charge in [0.05, 0.1) is 5.56 Å². The van der Waals surface area contributed by atoms with Crippen LogP contribution in [-0.4, -0.2) is 42.1 Å². The largest absolute Gasteiger partial charge is 0.507 e. The molecule has 1 aliphatic rings. The fourth-order valence-corrected chi connectivity index (χ4v) is 2.66. The molecule has 0 bridgehead atoms. The van der Waals surface area contributed by atoms with Crippen molar-refractivity contribution in [2.24, 2.45) is 0 Å².